The van der Waals surface area contributed by atoms with Crippen molar-refractivity contribution in [2.75, 3.05) is 12.4 Å². The lowest BCUT2D eigenvalue weighted by molar-refractivity contribution is -0.139. The molecule has 7 nitrogen and oxygen atoms in total. The molecular formula is C17H17F3N4O3S. The molecule has 1 aliphatic heterocycles. The molecule has 1 aromatic heterocycles. The fourth-order valence-corrected chi connectivity index (χ4v) is 3.63. The molecule has 0 fully saturated rings. The van der Waals surface area contributed by atoms with E-state index in [4.69, 9.17) is 4.74 Å². The van der Waals surface area contributed by atoms with Gasteiger partial charge in [0.2, 0.25) is 0 Å². The molecule has 0 aromatic carbocycles. The van der Waals surface area contributed by atoms with Gasteiger partial charge in [-0.15, -0.1) is 0 Å². The van der Waals surface area contributed by atoms with E-state index in [0.29, 0.717) is 0 Å². The SMILES string of the molecule is CCOC(=O)C1=C(CSc2nc(C)cc(C(F)(F)F)c2C#N)NC(=O)N[C@H]1C. The number of urea groups is 1. The van der Waals surface area contributed by atoms with E-state index in [1.807, 2.05) is 0 Å². The molecule has 1 aromatic rings. The van der Waals surface area contributed by atoms with Crippen LogP contribution in [0, 0.1) is 18.3 Å². The fourth-order valence-electron chi connectivity index (χ4n) is 2.61. The Balaban J connectivity index is 2.42. The fraction of sp³-hybridized carbons (Fsp3) is 0.412. The highest BCUT2D eigenvalue weighted by Gasteiger charge is 2.36. The molecule has 2 rings (SSSR count). The lowest BCUT2D eigenvalue weighted by Crippen LogP contribution is -2.49. The summed E-state index contributed by atoms with van der Waals surface area (Å²) in [4.78, 5) is 28.0. The number of alkyl halides is 3. The molecule has 0 bridgehead atoms. The number of hydrogen-bond donors (Lipinski definition) is 2. The van der Waals surface area contributed by atoms with Crippen LogP contribution < -0.4 is 10.6 Å². The number of aromatic nitrogens is 1. The second-order valence-corrected chi connectivity index (χ2v) is 6.79. The Kier molecular flexibility index (Phi) is 6.56. The highest BCUT2D eigenvalue weighted by atomic mass is 32.2. The van der Waals surface area contributed by atoms with Gasteiger partial charge in [-0.3, -0.25) is 0 Å². The average molecular weight is 414 g/mol. The monoisotopic (exact) mass is 414 g/mol. The summed E-state index contributed by atoms with van der Waals surface area (Å²) in [5.74, 6) is -0.722. The van der Waals surface area contributed by atoms with Crippen LogP contribution in [0.1, 0.15) is 30.7 Å². The number of carbonyl (C=O) groups excluding carboxylic acids is 2. The van der Waals surface area contributed by atoms with Crippen LogP contribution in [0.2, 0.25) is 0 Å². The molecule has 2 N–H and O–H groups in total. The number of esters is 1. The van der Waals surface area contributed by atoms with Crippen molar-refractivity contribution in [1.29, 1.82) is 5.26 Å². The molecule has 28 heavy (non-hydrogen) atoms. The van der Waals surface area contributed by atoms with Crippen molar-refractivity contribution >= 4 is 23.8 Å². The molecule has 0 saturated heterocycles. The van der Waals surface area contributed by atoms with Gasteiger partial charge < -0.3 is 15.4 Å². The van der Waals surface area contributed by atoms with Crippen molar-refractivity contribution in [3.63, 3.8) is 0 Å². The van der Waals surface area contributed by atoms with Gasteiger partial charge in [0.15, 0.2) is 0 Å². The van der Waals surface area contributed by atoms with Crippen molar-refractivity contribution < 1.29 is 27.5 Å². The van der Waals surface area contributed by atoms with E-state index in [2.05, 4.69) is 15.6 Å². The van der Waals surface area contributed by atoms with Gasteiger partial charge in [0.25, 0.3) is 0 Å². The molecule has 0 saturated carbocycles. The number of thioether (sulfide) groups is 1. The van der Waals surface area contributed by atoms with Crippen LogP contribution in [-0.2, 0) is 15.7 Å². The summed E-state index contributed by atoms with van der Waals surface area (Å²) >= 11 is 0.824. The summed E-state index contributed by atoms with van der Waals surface area (Å²) in [5.41, 5.74) is -1.23. The maximum atomic E-state index is 13.2. The van der Waals surface area contributed by atoms with E-state index >= 15 is 0 Å². The number of rotatable bonds is 5. The zero-order chi connectivity index (χ0) is 21.1. The lowest BCUT2D eigenvalue weighted by Gasteiger charge is -2.26. The van der Waals surface area contributed by atoms with Gasteiger partial charge in [-0.25, -0.2) is 14.6 Å². The van der Waals surface area contributed by atoms with Crippen LogP contribution in [0.5, 0.6) is 0 Å². The van der Waals surface area contributed by atoms with Crippen LogP contribution in [0.4, 0.5) is 18.0 Å². The van der Waals surface area contributed by atoms with Gasteiger partial charge in [0.1, 0.15) is 11.1 Å². The summed E-state index contributed by atoms with van der Waals surface area (Å²) in [7, 11) is 0. The summed E-state index contributed by atoms with van der Waals surface area (Å²) in [6.07, 6.45) is -4.71. The number of amides is 2. The number of nitrogens with one attached hydrogen (secondary N) is 2. The van der Waals surface area contributed by atoms with E-state index in [1.54, 1.807) is 19.9 Å². The Labute approximate surface area is 163 Å². The molecule has 0 spiro atoms. The number of nitriles is 1. The highest BCUT2D eigenvalue weighted by Crippen LogP contribution is 2.36. The Morgan fingerprint density at radius 1 is 1.46 bits per heavy atom. The first-order valence-corrected chi connectivity index (χ1v) is 9.16. The molecule has 0 radical (unpaired) electrons. The van der Waals surface area contributed by atoms with Crippen molar-refractivity contribution in [1.82, 2.24) is 15.6 Å². The number of halogens is 3. The van der Waals surface area contributed by atoms with Gasteiger partial charge >= 0.3 is 18.2 Å². The number of hydrogen-bond acceptors (Lipinski definition) is 6. The lowest BCUT2D eigenvalue weighted by atomic mass is 10.1. The third kappa shape index (κ3) is 4.75. The summed E-state index contributed by atoms with van der Waals surface area (Å²) < 4.78 is 44.6. The Hall–Kier alpha value is -2.74. The van der Waals surface area contributed by atoms with Crippen LogP contribution in [0.3, 0.4) is 0 Å². The third-order valence-electron chi connectivity index (χ3n) is 3.75. The van der Waals surface area contributed by atoms with E-state index in [-0.39, 0.29) is 34.3 Å². The van der Waals surface area contributed by atoms with Crippen molar-refractivity contribution in [3.05, 3.63) is 34.2 Å². The molecule has 0 aliphatic carbocycles. The molecule has 0 unspecified atom stereocenters. The second-order valence-electron chi connectivity index (χ2n) is 5.82. The first-order chi connectivity index (χ1) is 13.1. The maximum Gasteiger partial charge on any atom is 0.417 e. The van der Waals surface area contributed by atoms with Crippen molar-refractivity contribution in [2.24, 2.45) is 0 Å². The van der Waals surface area contributed by atoms with E-state index < -0.39 is 35.3 Å². The van der Waals surface area contributed by atoms with Crippen molar-refractivity contribution in [2.45, 2.75) is 38.0 Å². The Bertz CT molecular complexity index is 878. The molecule has 2 amide bonds. The van der Waals surface area contributed by atoms with Crippen LogP contribution >= 0.6 is 11.8 Å². The average Bonchev–Trinajstić information content (AvgIpc) is 2.58. The zero-order valence-electron chi connectivity index (χ0n) is 15.2. The quantitative estimate of drug-likeness (QED) is 0.567. The second kappa shape index (κ2) is 8.52. The predicted octanol–water partition coefficient (Wildman–Crippen LogP) is 2.89. The summed E-state index contributed by atoms with van der Waals surface area (Å²) in [6, 6.07) is 1.16. The molecule has 11 heteroatoms. The Morgan fingerprint density at radius 2 is 2.14 bits per heavy atom. The summed E-state index contributed by atoms with van der Waals surface area (Å²) in [6.45, 7) is 4.72. The smallest absolute Gasteiger partial charge is 0.417 e. The molecule has 150 valence electrons. The standard InChI is InChI=1S/C17H17F3N4O3S/c1-4-27-15(25)13-9(3)23-16(26)24-12(13)7-28-14-10(6-21)11(17(18,19)20)5-8(2)22-14/h5,9H,4,7H2,1-3H3,(H2,23,24,26)/t9-/m0/s1. The van der Waals surface area contributed by atoms with Gasteiger partial charge in [0.05, 0.1) is 29.3 Å². The first-order valence-electron chi connectivity index (χ1n) is 8.17. The largest absolute Gasteiger partial charge is 0.463 e. The van der Waals surface area contributed by atoms with E-state index in [0.717, 1.165) is 17.8 Å². The van der Waals surface area contributed by atoms with Gasteiger partial charge in [-0.2, -0.15) is 18.4 Å². The molecule has 1 atom stereocenters. The van der Waals surface area contributed by atoms with E-state index in [1.165, 1.54) is 6.92 Å². The minimum Gasteiger partial charge on any atom is -0.463 e. The highest BCUT2D eigenvalue weighted by molar-refractivity contribution is 7.99. The molecular weight excluding hydrogens is 397 g/mol. The molecule has 2 heterocycles. The summed E-state index contributed by atoms with van der Waals surface area (Å²) in [5, 5.41) is 14.1. The topological polar surface area (TPSA) is 104 Å². The van der Waals surface area contributed by atoms with Gasteiger partial charge in [-0.1, -0.05) is 11.8 Å². The maximum absolute atomic E-state index is 13.2. The number of ether oxygens (including phenoxy) is 1. The van der Waals surface area contributed by atoms with Gasteiger partial charge in [0, 0.05) is 17.1 Å². The first kappa shape index (κ1) is 21.6. The Morgan fingerprint density at radius 3 is 2.71 bits per heavy atom. The third-order valence-corrected chi connectivity index (χ3v) is 4.75. The van der Waals surface area contributed by atoms with Crippen LogP contribution in [0.15, 0.2) is 22.4 Å². The molecule has 1 aliphatic rings. The minimum absolute atomic E-state index is 0.0751. The predicted molar refractivity (Wildman–Crippen MR) is 94.2 cm³/mol. The number of aryl methyl sites for hydroxylation is 1. The minimum atomic E-state index is -4.71. The number of carbonyl (C=O) groups is 2. The van der Waals surface area contributed by atoms with Gasteiger partial charge in [-0.05, 0) is 26.8 Å². The number of pyridine rings is 1. The number of nitrogens with zero attached hydrogens (tertiary/aromatic N) is 2. The van der Waals surface area contributed by atoms with Crippen LogP contribution in [-0.4, -0.2) is 35.4 Å². The normalized spacial score (nSPS) is 16.9. The van der Waals surface area contributed by atoms with Crippen molar-refractivity contribution in [3.8, 4) is 6.07 Å². The zero-order valence-corrected chi connectivity index (χ0v) is 16.0. The van der Waals surface area contributed by atoms with Crippen LogP contribution in [0.25, 0.3) is 0 Å². The van der Waals surface area contributed by atoms with E-state index in [9.17, 15) is 28.0 Å².